The highest BCUT2D eigenvalue weighted by Gasteiger charge is 2.29. The third-order valence-corrected chi connectivity index (χ3v) is 3.22. The molecule has 1 unspecified atom stereocenters. The van der Waals surface area contributed by atoms with Crippen LogP contribution in [0.5, 0.6) is 0 Å². The number of nitrogens with two attached hydrogens (primary N) is 2. The molecule has 1 aromatic rings. The lowest BCUT2D eigenvalue weighted by Gasteiger charge is -2.21. The third kappa shape index (κ3) is 5.94. The van der Waals surface area contributed by atoms with Crippen LogP contribution in [0.4, 0.5) is 4.79 Å². The van der Waals surface area contributed by atoms with Crippen LogP contribution in [0, 0.1) is 0 Å². The van der Waals surface area contributed by atoms with Crippen molar-refractivity contribution in [1.82, 2.24) is 20.8 Å². The molecule has 8 N–H and O–H groups in total. The Morgan fingerprint density at radius 1 is 1.35 bits per heavy atom. The summed E-state index contributed by atoms with van der Waals surface area (Å²) >= 11 is 0. The maximum Gasteiger partial charge on any atom is 0.331 e. The Morgan fingerprint density at radius 3 is 2.50 bits per heavy atom. The van der Waals surface area contributed by atoms with Crippen molar-refractivity contribution in [3.05, 3.63) is 11.7 Å². The molecule has 0 aliphatic carbocycles. The minimum absolute atomic E-state index is 0.0319. The molecule has 13 nitrogen and oxygen atoms in total. The van der Waals surface area contributed by atoms with Gasteiger partial charge in [0.2, 0.25) is 11.8 Å². The summed E-state index contributed by atoms with van der Waals surface area (Å²) in [5.74, 6) is -1.85. The molecule has 3 amide bonds. The summed E-state index contributed by atoms with van der Waals surface area (Å²) in [5.41, 5.74) is 10.7. The van der Waals surface area contributed by atoms with Crippen LogP contribution in [0.15, 0.2) is 4.52 Å². The molecule has 0 saturated heterocycles. The van der Waals surface area contributed by atoms with Gasteiger partial charge in [-0.3, -0.25) is 4.79 Å². The molecule has 1 rings (SSSR count). The van der Waals surface area contributed by atoms with Crippen molar-refractivity contribution in [1.29, 1.82) is 0 Å². The van der Waals surface area contributed by atoms with Crippen molar-refractivity contribution in [2.45, 2.75) is 37.6 Å². The number of amides is 3. The van der Waals surface area contributed by atoms with E-state index < -0.39 is 48.7 Å². The van der Waals surface area contributed by atoms with Crippen LogP contribution < -0.4 is 22.1 Å². The summed E-state index contributed by atoms with van der Waals surface area (Å²) in [5, 5.41) is 26.6. The minimum atomic E-state index is -1.34. The number of ether oxygens (including phenoxy) is 1. The van der Waals surface area contributed by atoms with E-state index in [4.69, 9.17) is 21.1 Å². The standard InChI is InChI=1S/C13H22N6O7/c1-5(21)9(12(23)25-2)17-13(24)16-7(3-8(15)22)11-18-10(19-26-11)6(14)4-20/h5-7,9,20-21H,3-4,14H2,1-2H3,(H2,15,22)(H2,16,17,24)/t5?,6-,7-,9-/m0/s1. The molecule has 26 heavy (non-hydrogen) atoms. The van der Waals surface area contributed by atoms with Gasteiger partial charge < -0.3 is 41.6 Å². The topological polar surface area (TPSA) is 216 Å². The highest BCUT2D eigenvalue weighted by molar-refractivity contribution is 5.84. The Morgan fingerprint density at radius 2 is 2.00 bits per heavy atom. The van der Waals surface area contributed by atoms with Crippen LogP contribution in [-0.2, 0) is 14.3 Å². The van der Waals surface area contributed by atoms with Gasteiger partial charge in [-0.05, 0) is 6.92 Å². The molecule has 1 heterocycles. The maximum absolute atomic E-state index is 12.1. The second-order valence-corrected chi connectivity index (χ2v) is 5.36. The van der Waals surface area contributed by atoms with Crippen molar-refractivity contribution in [2.24, 2.45) is 11.5 Å². The van der Waals surface area contributed by atoms with Crippen LogP contribution in [0.2, 0.25) is 0 Å². The number of methoxy groups -OCH3 is 1. The van der Waals surface area contributed by atoms with Crippen LogP contribution in [-0.4, -0.2) is 64.1 Å². The van der Waals surface area contributed by atoms with E-state index in [1.807, 2.05) is 0 Å². The number of nitrogens with zero attached hydrogens (tertiary/aromatic N) is 2. The summed E-state index contributed by atoms with van der Waals surface area (Å²) in [7, 11) is 1.09. The van der Waals surface area contributed by atoms with E-state index in [9.17, 15) is 19.5 Å². The van der Waals surface area contributed by atoms with Gasteiger partial charge in [-0.2, -0.15) is 4.98 Å². The Hall–Kier alpha value is -2.77. The number of aliphatic hydroxyl groups excluding tert-OH is 2. The van der Waals surface area contributed by atoms with Gasteiger partial charge in [-0.1, -0.05) is 5.16 Å². The number of carbonyl (C=O) groups excluding carboxylic acids is 3. The van der Waals surface area contributed by atoms with Gasteiger partial charge in [0.1, 0.15) is 6.04 Å². The molecule has 0 saturated carbocycles. The van der Waals surface area contributed by atoms with Crippen LogP contribution >= 0.6 is 0 Å². The van der Waals surface area contributed by atoms with Crippen LogP contribution in [0.25, 0.3) is 0 Å². The van der Waals surface area contributed by atoms with Gasteiger partial charge in [0.05, 0.1) is 32.3 Å². The van der Waals surface area contributed by atoms with E-state index in [0.717, 1.165) is 7.11 Å². The van der Waals surface area contributed by atoms with Gasteiger partial charge in [0.15, 0.2) is 11.9 Å². The highest BCUT2D eigenvalue weighted by Crippen LogP contribution is 2.16. The Balaban J connectivity index is 2.90. The molecule has 0 spiro atoms. The summed E-state index contributed by atoms with van der Waals surface area (Å²) in [6.45, 7) is 0.839. The number of nitrogens with one attached hydrogen (secondary N) is 2. The first-order valence-corrected chi connectivity index (χ1v) is 7.50. The third-order valence-electron chi connectivity index (χ3n) is 3.22. The van der Waals surface area contributed by atoms with Crippen LogP contribution in [0.1, 0.15) is 37.1 Å². The predicted molar refractivity (Wildman–Crippen MR) is 84.0 cm³/mol. The Kier molecular flexibility index (Phi) is 7.89. The van der Waals surface area contributed by atoms with E-state index in [2.05, 4.69) is 25.5 Å². The van der Waals surface area contributed by atoms with Gasteiger partial charge in [0, 0.05) is 0 Å². The maximum atomic E-state index is 12.1. The first-order valence-electron chi connectivity index (χ1n) is 7.50. The number of carbonyl (C=O) groups is 3. The van der Waals surface area contributed by atoms with Crippen molar-refractivity contribution in [2.75, 3.05) is 13.7 Å². The number of esters is 1. The molecular formula is C13H22N6O7. The normalized spacial score (nSPS) is 15.4. The fourth-order valence-corrected chi connectivity index (χ4v) is 1.87. The molecule has 0 bridgehead atoms. The van der Waals surface area contributed by atoms with Crippen molar-refractivity contribution < 1.29 is 33.9 Å². The molecule has 0 aliphatic rings. The van der Waals surface area contributed by atoms with E-state index in [1.54, 1.807) is 0 Å². The number of aliphatic hydroxyl groups is 2. The summed E-state index contributed by atoms with van der Waals surface area (Å²) < 4.78 is 9.41. The number of aromatic nitrogens is 2. The molecule has 0 aromatic carbocycles. The second kappa shape index (κ2) is 9.65. The lowest BCUT2D eigenvalue weighted by atomic mass is 10.2. The predicted octanol–water partition coefficient (Wildman–Crippen LogP) is -2.80. The monoisotopic (exact) mass is 374 g/mol. The fourth-order valence-electron chi connectivity index (χ4n) is 1.87. The SMILES string of the molecule is COC(=O)[C@@H](NC(=O)N[C@@H](CC(N)=O)c1nc([C@@H](N)CO)no1)C(C)O. The molecule has 1 aromatic heterocycles. The van der Waals surface area contributed by atoms with Crippen molar-refractivity contribution in [3.63, 3.8) is 0 Å². The zero-order chi connectivity index (χ0) is 19.9. The molecule has 13 heteroatoms. The minimum Gasteiger partial charge on any atom is -0.467 e. The van der Waals surface area contributed by atoms with E-state index in [1.165, 1.54) is 6.92 Å². The molecule has 0 radical (unpaired) electrons. The summed E-state index contributed by atoms with van der Waals surface area (Å²) in [6.07, 6.45) is -1.62. The first kappa shape index (κ1) is 21.3. The van der Waals surface area contributed by atoms with Gasteiger partial charge >= 0.3 is 12.0 Å². The van der Waals surface area contributed by atoms with Gasteiger partial charge in [-0.15, -0.1) is 0 Å². The number of hydrogen-bond acceptors (Lipinski definition) is 10. The largest absolute Gasteiger partial charge is 0.467 e. The quantitative estimate of drug-likeness (QED) is 0.244. The molecule has 4 atom stereocenters. The molecule has 0 aliphatic heterocycles. The summed E-state index contributed by atoms with van der Waals surface area (Å²) in [4.78, 5) is 38.8. The smallest absolute Gasteiger partial charge is 0.331 e. The first-order chi connectivity index (χ1) is 12.2. The average molecular weight is 374 g/mol. The fraction of sp³-hybridized carbons (Fsp3) is 0.615. The number of urea groups is 1. The molecule has 0 fully saturated rings. The Labute approximate surface area is 148 Å². The van der Waals surface area contributed by atoms with Crippen LogP contribution in [0.3, 0.4) is 0 Å². The lowest BCUT2D eigenvalue weighted by Crippen LogP contribution is -2.52. The number of rotatable bonds is 9. The van der Waals surface area contributed by atoms with Gasteiger partial charge in [0.25, 0.3) is 0 Å². The van der Waals surface area contributed by atoms with Gasteiger partial charge in [-0.25, -0.2) is 9.59 Å². The van der Waals surface area contributed by atoms with E-state index >= 15 is 0 Å². The molecular weight excluding hydrogens is 352 g/mol. The Bertz CT molecular complexity index is 634. The van der Waals surface area contributed by atoms with E-state index in [-0.39, 0.29) is 18.1 Å². The highest BCUT2D eigenvalue weighted by atomic mass is 16.5. The average Bonchev–Trinajstić information content (AvgIpc) is 3.07. The van der Waals surface area contributed by atoms with Crippen molar-refractivity contribution in [3.8, 4) is 0 Å². The lowest BCUT2D eigenvalue weighted by molar-refractivity contribution is -0.145. The summed E-state index contributed by atoms with van der Waals surface area (Å²) in [6, 6.07) is -4.28. The zero-order valence-electron chi connectivity index (χ0n) is 14.2. The molecule has 146 valence electrons. The van der Waals surface area contributed by atoms with Crippen molar-refractivity contribution >= 4 is 17.9 Å². The zero-order valence-corrected chi connectivity index (χ0v) is 14.2. The second-order valence-electron chi connectivity index (χ2n) is 5.36. The number of hydrogen-bond donors (Lipinski definition) is 6. The number of primary amides is 1. The van der Waals surface area contributed by atoms with E-state index in [0.29, 0.717) is 0 Å².